The first-order valence-corrected chi connectivity index (χ1v) is 10.7. The molecule has 0 aromatic heterocycles. The van der Waals surface area contributed by atoms with Crippen molar-refractivity contribution in [1.82, 2.24) is 4.90 Å². The van der Waals surface area contributed by atoms with Gasteiger partial charge in [0, 0.05) is 12.3 Å². The first kappa shape index (κ1) is 20.2. The molecular formula is C25H29N3O2. The average Bonchev–Trinajstić information content (AvgIpc) is 2.77. The molecule has 0 unspecified atom stereocenters. The van der Waals surface area contributed by atoms with Crippen LogP contribution in [0.2, 0.25) is 0 Å². The summed E-state index contributed by atoms with van der Waals surface area (Å²) < 4.78 is 5.98. The number of amides is 1. The van der Waals surface area contributed by atoms with Crippen molar-refractivity contribution < 1.29 is 9.53 Å². The van der Waals surface area contributed by atoms with Crippen LogP contribution in [-0.2, 0) is 6.42 Å². The van der Waals surface area contributed by atoms with Gasteiger partial charge < -0.3 is 15.4 Å². The monoisotopic (exact) mass is 403 g/mol. The lowest BCUT2D eigenvalue weighted by Gasteiger charge is -2.37. The van der Waals surface area contributed by atoms with Crippen molar-refractivity contribution in [3.8, 4) is 5.75 Å². The third kappa shape index (κ3) is 4.40. The number of nitrogens with zero attached hydrogens (tertiary/aromatic N) is 2. The standard InChI is InChI=1S/C25H29N3O2/c1-18-14-24-23(25(29)28(17-30-24)22-6-3-2-4-7-22)16-20(18)15-19-8-10-21(11-9-19)27-13-5-12-26/h5,8-14,16,22H,2-4,6-7,15,17,26H2,1H3. The van der Waals surface area contributed by atoms with E-state index in [1.807, 2.05) is 29.2 Å². The predicted octanol–water partition coefficient (Wildman–Crippen LogP) is 4.89. The second-order valence-corrected chi connectivity index (χ2v) is 8.12. The normalized spacial score (nSPS) is 17.5. The summed E-state index contributed by atoms with van der Waals surface area (Å²) in [5, 5.41) is 0. The SMILES string of the molecule is Cc1cc2c(cc1Cc1ccc(N=CC=CN)cc1)C(=O)N(C1CCCCC1)CO2. The highest BCUT2D eigenvalue weighted by molar-refractivity contribution is 5.98. The minimum absolute atomic E-state index is 0.113. The topological polar surface area (TPSA) is 67.9 Å². The summed E-state index contributed by atoms with van der Waals surface area (Å²) >= 11 is 0. The second kappa shape index (κ2) is 9.16. The maximum atomic E-state index is 13.2. The lowest BCUT2D eigenvalue weighted by atomic mass is 9.92. The van der Waals surface area contributed by atoms with Crippen LogP contribution in [0, 0.1) is 6.92 Å². The van der Waals surface area contributed by atoms with Crippen LogP contribution >= 0.6 is 0 Å². The fourth-order valence-corrected chi connectivity index (χ4v) is 4.32. The Morgan fingerprint density at radius 1 is 1.17 bits per heavy atom. The summed E-state index contributed by atoms with van der Waals surface area (Å²) in [6.07, 6.45) is 11.4. The van der Waals surface area contributed by atoms with Crippen LogP contribution < -0.4 is 10.5 Å². The fourth-order valence-electron chi connectivity index (χ4n) is 4.32. The van der Waals surface area contributed by atoms with Gasteiger partial charge in [-0.1, -0.05) is 31.4 Å². The zero-order valence-electron chi connectivity index (χ0n) is 17.5. The molecule has 4 rings (SSSR count). The van der Waals surface area contributed by atoms with E-state index in [9.17, 15) is 4.79 Å². The predicted molar refractivity (Wildman–Crippen MR) is 120 cm³/mol. The van der Waals surface area contributed by atoms with Crippen molar-refractivity contribution in [2.24, 2.45) is 10.7 Å². The number of hydrogen-bond acceptors (Lipinski definition) is 4. The number of aliphatic imine (C=N–C) groups is 1. The van der Waals surface area contributed by atoms with E-state index in [0.717, 1.165) is 36.1 Å². The van der Waals surface area contributed by atoms with Crippen LogP contribution in [-0.4, -0.2) is 29.8 Å². The zero-order valence-corrected chi connectivity index (χ0v) is 17.5. The van der Waals surface area contributed by atoms with Crippen molar-refractivity contribution in [2.45, 2.75) is 51.5 Å². The Kier molecular flexibility index (Phi) is 6.17. The van der Waals surface area contributed by atoms with Gasteiger partial charge in [-0.05, 0) is 79.4 Å². The van der Waals surface area contributed by atoms with E-state index in [-0.39, 0.29) is 5.91 Å². The molecule has 1 fully saturated rings. The number of nitrogens with two attached hydrogens (primary N) is 1. The molecule has 1 aliphatic heterocycles. The van der Waals surface area contributed by atoms with Crippen molar-refractivity contribution >= 4 is 17.8 Å². The maximum Gasteiger partial charge on any atom is 0.260 e. The van der Waals surface area contributed by atoms with Crippen molar-refractivity contribution in [3.05, 3.63) is 70.9 Å². The summed E-state index contributed by atoms with van der Waals surface area (Å²) in [5.74, 6) is 0.827. The van der Waals surface area contributed by atoms with E-state index in [2.05, 4.69) is 24.0 Å². The Morgan fingerprint density at radius 2 is 1.93 bits per heavy atom. The van der Waals surface area contributed by atoms with Gasteiger partial charge in [0.15, 0.2) is 6.73 Å². The Bertz CT molecular complexity index is 957. The molecule has 1 heterocycles. The van der Waals surface area contributed by atoms with Crippen LogP contribution in [0.15, 0.2) is 53.7 Å². The zero-order chi connectivity index (χ0) is 20.9. The van der Waals surface area contributed by atoms with Crippen molar-refractivity contribution in [3.63, 3.8) is 0 Å². The van der Waals surface area contributed by atoms with Crippen LogP contribution in [0.25, 0.3) is 0 Å². The number of fused-ring (bicyclic) bond motifs is 1. The van der Waals surface area contributed by atoms with E-state index >= 15 is 0 Å². The fraction of sp³-hybridized carbons (Fsp3) is 0.360. The minimum atomic E-state index is 0.113. The van der Waals surface area contributed by atoms with E-state index < -0.39 is 0 Å². The molecular weight excluding hydrogens is 374 g/mol. The molecule has 156 valence electrons. The largest absolute Gasteiger partial charge is 0.472 e. The number of rotatable bonds is 5. The van der Waals surface area contributed by atoms with Gasteiger partial charge in [0.2, 0.25) is 0 Å². The van der Waals surface area contributed by atoms with Gasteiger partial charge in [-0.25, -0.2) is 0 Å². The Labute approximate surface area is 178 Å². The second-order valence-electron chi connectivity index (χ2n) is 8.12. The molecule has 0 saturated heterocycles. The maximum absolute atomic E-state index is 13.2. The highest BCUT2D eigenvalue weighted by Crippen LogP contribution is 2.33. The lowest BCUT2D eigenvalue weighted by Crippen LogP contribution is -2.46. The molecule has 2 N–H and O–H groups in total. The molecule has 1 amide bonds. The number of allylic oxidation sites excluding steroid dienone is 1. The van der Waals surface area contributed by atoms with E-state index in [1.165, 1.54) is 31.0 Å². The number of benzene rings is 2. The Hall–Kier alpha value is -3.08. The van der Waals surface area contributed by atoms with Gasteiger partial charge in [-0.2, -0.15) is 0 Å². The summed E-state index contributed by atoms with van der Waals surface area (Å²) in [7, 11) is 0. The third-order valence-electron chi connectivity index (χ3n) is 6.06. The molecule has 0 spiro atoms. The molecule has 1 saturated carbocycles. The molecule has 1 aliphatic carbocycles. The molecule has 2 aliphatic rings. The lowest BCUT2D eigenvalue weighted by molar-refractivity contribution is 0.0319. The summed E-state index contributed by atoms with van der Waals surface area (Å²) in [6.45, 7) is 2.45. The molecule has 2 aromatic rings. The molecule has 2 aromatic carbocycles. The molecule has 0 bridgehead atoms. The number of carbonyl (C=O) groups excluding carboxylic acids is 1. The van der Waals surface area contributed by atoms with Gasteiger partial charge in [-0.15, -0.1) is 0 Å². The highest BCUT2D eigenvalue weighted by Gasteiger charge is 2.32. The number of carbonyl (C=O) groups is 1. The molecule has 0 atom stereocenters. The Morgan fingerprint density at radius 3 is 2.67 bits per heavy atom. The van der Waals surface area contributed by atoms with Crippen LogP contribution in [0.4, 0.5) is 5.69 Å². The first-order valence-electron chi connectivity index (χ1n) is 10.7. The minimum Gasteiger partial charge on any atom is -0.472 e. The van der Waals surface area contributed by atoms with Crippen molar-refractivity contribution in [2.75, 3.05) is 6.73 Å². The quantitative estimate of drug-likeness (QED) is 0.723. The number of aryl methyl sites for hydroxylation is 1. The van der Waals surface area contributed by atoms with Gasteiger partial charge in [0.25, 0.3) is 5.91 Å². The van der Waals surface area contributed by atoms with Gasteiger partial charge in [0.1, 0.15) is 5.75 Å². The smallest absolute Gasteiger partial charge is 0.260 e. The average molecular weight is 404 g/mol. The highest BCUT2D eigenvalue weighted by atomic mass is 16.5. The van der Waals surface area contributed by atoms with Crippen molar-refractivity contribution in [1.29, 1.82) is 0 Å². The molecule has 0 radical (unpaired) electrons. The number of hydrogen-bond donors (Lipinski definition) is 1. The van der Waals surface area contributed by atoms with E-state index in [1.54, 1.807) is 12.3 Å². The van der Waals surface area contributed by atoms with E-state index in [4.69, 9.17) is 10.5 Å². The van der Waals surface area contributed by atoms with Gasteiger partial charge >= 0.3 is 0 Å². The molecule has 5 nitrogen and oxygen atoms in total. The number of ether oxygens (including phenoxy) is 1. The van der Waals surface area contributed by atoms with Crippen LogP contribution in [0.5, 0.6) is 5.75 Å². The summed E-state index contributed by atoms with van der Waals surface area (Å²) in [6, 6.07) is 12.5. The summed E-state index contributed by atoms with van der Waals surface area (Å²) in [5.41, 5.74) is 10.4. The van der Waals surface area contributed by atoms with Gasteiger partial charge in [-0.3, -0.25) is 9.79 Å². The third-order valence-corrected chi connectivity index (χ3v) is 6.06. The molecule has 5 heteroatoms. The summed E-state index contributed by atoms with van der Waals surface area (Å²) in [4.78, 5) is 19.5. The van der Waals surface area contributed by atoms with Gasteiger partial charge in [0.05, 0.1) is 11.3 Å². The first-order chi connectivity index (χ1) is 14.7. The van der Waals surface area contributed by atoms with E-state index in [0.29, 0.717) is 24.1 Å². The van der Waals surface area contributed by atoms with Crippen LogP contribution in [0.1, 0.15) is 59.2 Å². The Balaban J connectivity index is 1.53. The molecule has 30 heavy (non-hydrogen) atoms. The van der Waals surface area contributed by atoms with Crippen LogP contribution in [0.3, 0.4) is 0 Å².